The van der Waals surface area contributed by atoms with Crippen LogP contribution in [-0.2, 0) is 9.53 Å². The van der Waals surface area contributed by atoms with Gasteiger partial charge in [-0.1, -0.05) is 50.3 Å². The third kappa shape index (κ3) is 3.09. The Labute approximate surface area is 173 Å². The van der Waals surface area contributed by atoms with Crippen LogP contribution in [0.3, 0.4) is 0 Å². The van der Waals surface area contributed by atoms with E-state index in [2.05, 4.69) is 4.90 Å². The first-order valence-electron chi connectivity index (χ1n) is 11.5. The van der Waals surface area contributed by atoms with Gasteiger partial charge < -0.3 is 14.5 Å². The molecule has 2 aliphatic carbocycles. The van der Waals surface area contributed by atoms with Gasteiger partial charge >= 0.3 is 0 Å². The van der Waals surface area contributed by atoms with E-state index in [1.807, 2.05) is 29.2 Å². The van der Waals surface area contributed by atoms with Crippen molar-refractivity contribution in [1.82, 2.24) is 9.80 Å². The smallest absolute Gasteiger partial charge is 0.254 e. The fraction of sp³-hybridized carbons (Fsp3) is 0.667. The minimum absolute atomic E-state index is 0.167. The van der Waals surface area contributed by atoms with Crippen molar-refractivity contribution in [2.45, 2.75) is 75.3 Å². The first-order chi connectivity index (χ1) is 14.2. The van der Waals surface area contributed by atoms with Crippen molar-refractivity contribution in [3.05, 3.63) is 35.4 Å². The number of hydrogen-bond acceptors (Lipinski definition) is 3. The lowest BCUT2D eigenvalue weighted by Crippen LogP contribution is -2.64. The second-order valence-corrected chi connectivity index (χ2v) is 9.24. The van der Waals surface area contributed by atoms with E-state index < -0.39 is 0 Å². The molecule has 4 aliphatic rings. The van der Waals surface area contributed by atoms with Gasteiger partial charge in [0.1, 0.15) is 0 Å². The highest BCUT2D eigenvalue weighted by atomic mass is 16.5. The number of nitrogens with zero attached hydrogens (tertiary/aromatic N) is 2. The molecule has 1 saturated heterocycles. The van der Waals surface area contributed by atoms with Crippen LogP contribution < -0.4 is 0 Å². The second kappa shape index (κ2) is 7.75. The van der Waals surface area contributed by atoms with E-state index in [0.717, 1.165) is 49.7 Å². The van der Waals surface area contributed by atoms with Gasteiger partial charge in [0.25, 0.3) is 5.91 Å². The molecule has 0 N–H and O–H groups in total. The summed E-state index contributed by atoms with van der Waals surface area (Å²) >= 11 is 0. The highest BCUT2D eigenvalue weighted by Crippen LogP contribution is 2.52. The van der Waals surface area contributed by atoms with Crippen LogP contribution >= 0.6 is 0 Å². The largest absolute Gasteiger partial charge is 0.378 e. The van der Waals surface area contributed by atoms with Crippen molar-refractivity contribution in [2.75, 3.05) is 26.3 Å². The summed E-state index contributed by atoms with van der Waals surface area (Å²) in [6.45, 7) is 2.53. The zero-order chi connectivity index (χ0) is 19.8. The van der Waals surface area contributed by atoms with E-state index in [0.29, 0.717) is 26.3 Å². The number of ether oxygens (including phenoxy) is 1. The Hall–Kier alpha value is -1.88. The number of fused-ring (bicyclic) bond motifs is 1. The lowest BCUT2D eigenvalue weighted by Gasteiger charge is -2.54. The molecule has 5 nitrogen and oxygen atoms in total. The summed E-state index contributed by atoms with van der Waals surface area (Å²) in [7, 11) is 0. The van der Waals surface area contributed by atoms with E-state index in [1.165, 1.54) is 19.3 Å². The molecule has 1 unspecified atom stereocenters. The van der Waals surface area contributed by atoms with Crippen LogP contribution in [0.1, 0.15) is 79.6 Å². The van der Waals surface area contributed by atoms with Gasteiger partial charge in [-0.2, -0.15) is 0 Å². The average molecular weight is 397 g/mol. The van der Waals surface area contributed by atoms with Crippen LogP contribution in [-0.4, -0.2) is 59.5 Å². The summed E-state index contributed by atoms with van der Waals surface area (Å²) in [5.41, 5.74) is 1.37. The average Bonchev–Trinajstić information content (AvgIpc) is 3.24. The highest BCUT2D eigenvalue weighted by molar-refractivity contribution is 6.02. The summed E-state index contributed by atoms with van der Waals surface area (Å²) in [5, 5.41) is 0. The van der Waals surface area contributed by atoms with Crippen molar-refractivity contribution >= 4 is 11.8 Å². The fourth-order valence-electron chi connectivity index (χ4n) is 6.42. The topological polar surface area (TPSA) is 49.9 Å². The standard InChI is InChI=1S/C24H32N2O3/c27-22-20-11-5-4-10-19(20)21(23(28)25-14-16-29-17-15-25)24(12-6-7-13-24)26(22)18-8-2-1-3-9-18/h4-5,10-11,18,21H,1-3,6-9,12-17H2. The Kier molecular flexibility index (Phi) is 5.10. The predicted octanol–water partition coefficient (Wildman–Crippen LogP) is 3.73. The van der Waals surface area contributed by atoms with Gasteiger partial charge in [-0.3, -0.25) is 9.59 Å². The summed E-state index contributed by atoms with van der Waals surface area (Å²) in [6.07, 6.45) is 9.90. The quantitative estimate of drug-likeness (QED) is 0.765. The van der Waals surface area contributed by atoms with Crippen molar-refractivity contribution in [3.63, 3.8) is 0 Å². The van der Waals surface area contributed by atoms with Crippen molar-refractivity contribution < 1.29 is 14.3 Å². The molecule has 5 heteroatoms. The van der Waals surface area contributed by atoms with Crippen molar-refractivity contribution in [1.29, 1.82) is 0 Å². The summed E-state index contributed by atoms with van der Waals surface area (Å²) in [4.78, 5) is 32.0. The molecule has 156 valence electrons. The highest BCUT2D eigenvalue weighted by Gasteiger charge is 2.57. The number of carbonyl (C=O) groups excluding carboxylic acids is 2. The lowest BCUT2D eigenvalue weighted by molar-refractivity contribution is -0.141. The maximum atomic E-state index is 13.9. The van der Waals surface area contributed by atoms with Crippen LogP contribution in [0.15, 0.2) is 24.3 Å². The maximum absolute atomic E-state index is 13.9. The predicted molar refractivity (Wildman–Crippen MR) is 111 cm³/mol. The van der Waals surface area contributed by atoms with Crippen molar-refractivity contribution in [3.8, 4) is 0 Å². The summed E-state index contributed by atoms with van der Waals surface area (Å²) in [6, 6.07) is 8.19. The minimum Gasteiger partial charge on any atom is -0.378 e. The molecule has 1 atom stereocenters. The summed E-state index contributed by atoms with van der Waals surface area (Å²) in [5.74, 6) is 0.135. The number of benzene rings is 1. The molecule has 3 fully saturated rings. The molecular weight excluding hydrogens is 364 g/mol. The fourth-order valence-corrected chi connectivity index (χ4v) is 6.42. The van der Waals surface area contributed by atoms with Crippen LogP contribution in [0.4, 0.5) is 0 Å². The van der Waals surface area contributed by atoms with Gasteiger partial charge in [0, 0.05) is 24.7 Å². The SMILES string of the molecule is O=C(C1c2ccccc2C(=O)N(C2CCCCC2)C12CCCC2)N1CCOCC1. The zero-order valence-corrected chi connectivity index (χ0v) is 17.3. The third-order valence-corrected chi connectivity index (χ3v) is 7.72. The van der Waals surface area contributed by atoms with E-state index in [1.54, 1.807) is 0 Å². The molecule has 5 rings (SSSR count). The molecule has 1 spiro atoms. The third-order valence-electron chi connectivity index (χ3n) is 7.72. The molecule has 0 bridgehead atoms. The molecular formula is C24H32N2O3. The number of hydrogen-bond donors (Lipinski definition) is 0. The van der Waals surface area contributed by atoms with E-state index in [9.17, 15) is 9.59 Å². The van der Waals surface area contributed by atoms with E-state index >= 15 is 0 Å². The Morgan fingerprint density at radius 1 is 0.966 bits per heavy atom. The van der Waals surface area contributed by atoms with Gasteiger partial charge in [0.15, 0.2) is 0 Å². The molecule has 0 aromatic heterocycles. The van der Waals surface area contributed by atoms with E-state index in [4.69, 9.17) is 4.74 Å². The Morgan fingerprint density at radius 2 is 1.66 bits per heavy atom. The molecule has 2 aliphatic heterocycles. The summed E-state index contributed by atoms with van der Waals surface area (Å²) < 4.78 is 5.50. The minimum atomic E-state index is -0.344. The first-order valence-corrected chi connectivity index (χ1v) is 11.5. The molecule has 29 heavy (non-hydrogen) atoms. The Morgan fingerprint density at radius 3 is 2.38 bits per heavy atom. The van der Waals surface area contributed by atoms with Gasteiger partial charge in [-0.05, 0) is 37.3 Å². The Bertz CT molecular complexity index is 774. The molecule has 2 heterocycles. The van der Waals surface area contributed by atoms with Crippen molar-refractivity contribution in [2.24, 2.45) is 0 Å². The van der Waals surface area contributed by atoms with Crippen LogP contribution in [0.2, 0.25) is 0 Å². The van der Waals surface area contributed by atoms with Gasteiger partial charge in [0.2, 0.25) is 5.91 Å². The van der Waals surface area contributed by atoms with Gasteiger partial charge in [-0.15, -0.1) is 0 Å². The molecule has 1 aromatic carbocycles. The second-order valence-electron chi connectivity index (χ2n) is 9.24. The molecule has 2 saturated carbocycles. The number of amides is 2. The van der Waals surface area contributed by atoms with Gasteiger partial charge in [-0.25, -0.2) is 0 Å². The molecule has 0 radical (unpaired) electrons. The van der Waals surface area contributed by atoms with Crippen LogP contribution in [0, 0.1) is 0 Å². The lowest BCUT2D eigenvalue weighted by atomic mass is 9.69. The van der Waals surface area contributed by atoms with E-state index in [-0.39, 0.29) is 29.3 Å². The zero-order valence-electron chi connectivity index (χ0n) is 17.3. The Balaban J connectivity index is 1.62. The first kappa shape index (κ1) is 19.1. The van der Waals surface area contributed by atoms with Gasteiger partial charge in [0.05, 0.1) is 24.7 Å². The van der Waals surface area contributed by atoms with Crippen LogP contribution in [0.25, 0.3) is 0 Å². The normalized spacial score (nSPS) is 27.3. The molecule has 1 aromatic rings. The maximum Gasteiger partial charge on any atom is 0.254 e. The molecule has 2 amide bonds. The monoisotopic (exact) mass is 396 g/mol. The van der Waals surface area contributed by atoms with Crippen LogP contribution in [0.5, 0.6) is 0 Å². The number of rotatable bonds is 2. The number of morpholine rings is 1. The number of carbonyl (C=O) groups is 2.